The molecule has 0 spiro atoms. The van der Waals surface area contributed by atoms with E-state index >= 15 is 0 Å². The summed E-state index contributed by atoms with van der Waals surface area (Å²) in [5.41, 5.74) is 1.30. The van der Waals surface area contributed by atoms with E-state index in [0.717, 1.165) is 0 Å². The Hall–Kier alpha value is -3.94. The average Bonchev–Trinajstić information content (AvgIpc) is 2.89. The molecule has 0 aliphatic carbocycles. The summed E-state index contributed by atoms with van der Waals surface area (Å²) >= 11 is 12.1. The van der Waals surface area contributed by atoms with Gasteiger partial charge in [-0.3, -0.25) is 14.4 Å². The van der Waals surface area contributed by atoms with Crippen LogP contribution in [0.4, 0.5) is 4.39 Å². The molecule has 1 aromatic heterocycles. The number of carbonyl (C=O) groups excluding carboxylic acids is 2. The third kappa shape index (κ3) is 6.49. The minimum Gasteiger partial charge on any atom is -0.464 e. The molecule has 1 heterocycles. The first-order chi connectivity index (χ1) is 18.2. The van der Waals surface area contributed by atoms with E-state index < -0.39 is 17.6 Å². The van der Waals surface area contributed by atoms with E-state index in [-0.39, 0.29) is 52.8 Å². The highest BCUT2D eigenvalue weighted by Crippen LogP contribution is 2.21. The van der Waals surface area contributed by atoms with E-state index in [1.165, 1.54) is 52.5 Å². The topological polar surface area (TPSA) is 70.8 Å². The Kier molecular flexibility index (Phi) is 8.61. The van der Waals surface area contributed by atoms with Gasteiger partial charge < -0.3 is 14.2 Å². The number of halogens is 3. The Labute approximate surface area is 228 Å². The van der Waals surface area contributed by atoms with Crippen molar-refractivity contribution < 1.29 is 18.4 Å². The summed E-state index contributed by atoms with van der Waals surface area (Å²) in [6.45, 7) is 3.45. The average molecular weight is 553 g/mol. The molecule has 4 aromatic rings. The molecule has 0 fully saturated rings. The third-order valence-corrected chi connectivity index (χ3v) is 6.26. The molecule has 0 saturated heterocycles. The molecule has 194 valence electrons. The van der Waals surface area contributed by atoms with Crippen molar-refractivity contribution in [1.29, 1.82) is 0 Å². The summed E-state index contributed by atoms with van der Waals surface area (Å²) in [6, 6.07) is 16.9. The predicted molar refractivity (Wildman–Crippen MR) is 146 cm³/mol. The molecular weight excluding hydrogens is 530 g/mol. The fourth-order valence-corrected chi connectivity index (χ4v) is 4.50. The molecule has 38 heavy (non-hydrogen) atoms. The Bertz CT molecular complexity index is 1530. The van der Waals surface area contributed by atoms with Crippen LogP contribution in [-0.4, -0.2) is 34.7 Å². The maximum Gasteiger partial charge on any atom is 0.254 e. The van der Waals surface area contributed by atoms with E-state index in [0.29, 0.717) is 16.5 Å². The number of carbonyl (C=O) groups is 2. The minimum absolute atomic E-state index is 0.0739. The summed E-state index contributed by atoms with van der Waals surface area (Å²) in [5.74, 6) is -1.32. The van der Waals surface area contributed by atoms with Gasteiger partial charge in [0.15, 0.2) is 5.43 Å². The molecule has 0 radical (unpaired) electrons. The monoisotopic (exact) mass is 552 g/mol. The van der Waals surface area contributed by atoms with Crippen molar-refractivity contribution in [3.63, 3.8) is 0 Å². The Morgan fingerprint density at radius 3 is 2.32 bits per heavy atom. The van der Waals surface area contributed by atoms with E-state index in [1.807, 2.05) is 0 Å². The van der Waals surface area contributed by atoms with Gasteiger partial charge in [0.2, 0.25) is 5.91 Å². The number of rotatable bonds is 9. The van der Waals surface area contributed by atoms with Crippen molar-refractivity contribution in [2.24, 2.45) is 0 Å². The second-order valence-electron chi connectivity index (χ2n) is 8.59. The Balaban J connectivity index is 1.64. The van der Waals surface area contributed by atoms with Gasteiger partial charge in [0.1, 0.15) is 17.9 Å². The van der Waals surface area contributed by atoms with Crippen LogP contribution in [0.3, 0.4) is 0 Å². The van der Waals surface area contributed by atoms with Crippen molar-refractivity contribution in [2.45, 2.75) is 13.1 Å². The van der Waals surface area contributed by atoms with Crippen LogP contribution in [0, 0.1) is 5.82 Å². The number of para-hydroxylation sites is 1. The maximum absolute atomic E-state index is 13.6. The van der Waals surface area contributed by atoms with Crippen LogP contribution < -0.4 is 5.43 Å². The zero-order valence-electron chi connectivity index (χ0n) is 20.2. The summed E-state index contributed by atoms with van der Waals surface area (Å²) in [5, 5.41) is 0.957. The second-order valence-corrected chi connectivity index (χ2v) is 9.47. The molecule has 0 saturated carbocycles. The number of hydrogen-bond acceptors (Lipinski definition) is 4. The quantitative estimate of drug-likeness (QED) is 0.235. The van der Waals surface area contributed by atoms with Gasteiger partial charge in [-0.2, -0.15) is 0 Å². The van der Waals surface area contributed by atoms with Crippen LogP contribution in [-0.2, 0) is 17.9 Å². The van der Waals surface area contributed by atoms with E-state index in [2.05, 4.69) is 6.58 Å². The molecule has 9 heteroatoms. The van der Waals surface area contributed by atoms with Crippen molar-refractivity contribution in [2.75, 3.05) is 13.1 Å². The van der Waals surface area contributed by atoms with Crippen LogP contribution in [0.2, 0.25) is 10.0 Å². The summed E-state index contributed by atoms with van der Waals surface area (Å²) in [4.78, 5) is 42.7. The van der Waals surface area contributed by atoms with Crippen LogP contribution in [0.1, 0.15) is 21.5 Å². The lowest BCUT2D eigenvalue weighted by molar-refractivity contribution is -0.133. The van der Waals surface area contributed by atoms with E-state index in [9.17, 15) is 18.8 Å². The van der Waals surface area contributed by atoms with Gasteiger partial charge in [0.05, 0.1) is 23.8 Å². The van der Waals surface area contributed by atoms with Gasteiger partial charge in [0.25, 0.3) is 5.91 Å². The van der Waals surface area contributed by atoms with Gasteiger partial charge >= 0.3 is 0 Å². The molecule has 0 unspecified atom stereocenters. The van der Waals surface area contributed by atoms with Gasteiger partial charge in [-0.15, -0.1) is 6.58 Å². The van der Waals surface area contributed by atoms with Gasteiger partial charge in [-0.25, -0.2) is 4.39 Å². The molecule has 0 N–H and O–H groups in total. The first-order valence-electron chi connectivity index (χ1n) is 11.6. The normalized spacial score (nSPS) is 10.8. The van der Waals surface area contributed by atoms with Gasteiger partial charge in [-0.05, 0) is 48.0 Å². The lowest BCUT2D eigenvalue weighted by atomic mass is 10.1. The van der Waals surface area contributed by atoms with Crippen LogP contribution in [0.15, 0.2) is 94.9 Å². The molecule has 0 aliphatic heterocycles. The van der Waals surface area contributed by atoms with Crippen molar-refractivity contribution in [1.82, 2.24) is 9.80 Å². The number of hydrogen-bond donors (Lipinski definition) is 0. The summed E-state index contributed by atoms with van der Waals surface area (Å²) in [7, 11) is 0. The van der Waals surface area contributed by atoms with Crippen molar-refractivity contribution in [3.8, 4) is 0 Å². The van der Waals surface area contributed by atoms with E-state index in [1.54, 1.807) is 36.4 Å². The summed E-state index contributed by atoms with van der Waals surface area (Å²) < 4.78 is 19.1. The predicted octanol–water partition coefficient (Wildman–Crippen LogP) is 6.10. The Morgan fingerprint density at radius 1 is 0.947 bits per heavy atom. The van der Waals surface area contributed by atoms with Crippen LogP contribution in [0.5, 0.6) is 0 Å². The lowest BCUT2D eigenvalue weighted by Gasteiger charge is -2.27. The summed E-state index contributed by atoms with van der Waals surface area (Å²) in [6.07, 6.45) is 2.83. The fourth-order valence-electron chi connectivity index (χ4n) is 3.97. The number of amides is 2. The molecular formula is C29H23Cl2FN2O4. The highest BCUT2D eigenvalue weighted by Gasteiger charge is 2.24. The van der Waals surface area contributed by atoms with E-state index in [4.69, 9.17) is 27.6 Å². The van der Waals surface area contributed by atoms with Gasteiger partial charge in [-0.1, -0.05) is 53.5 Å². The first-order valence-corrected chi connectivity index (χ1v) is 12.4. The number of nitrogens with zero attached hydrogens (tertiary/aromatic N) is 2. The second kappa shape index (κ2) is 12.1. The highest BCUT2D eigenvalue weighted by atomic mass is 35.5. The largest absolute Gasteiger partial charge is 0.464 e. The lowest BCUT2D eigenvalue weighted by Crippen LogP contribution is -2.43. The Morgan fingerprint density at radius 2 is 1.63 bits per heavy atom. The number of benzene rings is 3. The molecule has 3 aromatic carbocycles. The first kappa shape index (κ1) is 27.1. The molecule has 0 aliphatic rings. The fraction of sp³-hybridized carbons (Fsp3) is 0.138. The zero-order valence-corrected chi connectivity index (χ0v) is 21.7. The molecule has 4 rings (SSSR count). The highest BCUT2D eigenvalue weighted by molar-refractivity contribution is 6.35. The minimum atomic E-state index is -0.463. The number of fused-ring (bicyclic) bond motifs is 1. The van der Waals surface area contributed by atoms with Gasteiger partial charge in [0, 0.05) is 28.7 Å². The maximum atomic E-state index is 13.6. The molecule has 2 amide bonds. The third-order valence-electron chi connectivity index (χ3n) is 5.82. The van der Waals surface area contributed by atoms with Crippen molar-refractivity contribution >= 4 is 46.0 Å². The van der Waals surface area contributed by atoms with Crippen LogP contribution >= 0.6 is 23.2 Å². The molecule has 0 bridgehead atoms. The van der Waals surface area contributed by atoms with Crippen molar-refractivity contribution in [3.05, 3.63) is 128 Å². The molecule has 0 atom stereocenters. The standard InChI is InChI=1S/C29H23Cl2FN2O4/c1-2-11-33(29(37)20-12-22(30)14-23(31)13-20)17-27(35)34(15-19-7-9-24(32)10-8-19)16-21-18-38-26-6-4-3-5-25(26)28(21)36/h2-10,12-14,18H,1,11,15-17H2. The smallest absolute Gasteiger partial charge is 0.254 e. The molecule has 6 nitrogen and oxygen atoms in total. The zero-order chi connectivity index (χ0) is 27.2. The van der Waals surface area contributed by atoms with Crippen LogP contribution in [0.25, 0.3) is 11.0 Å². The SMILES string of the molecule is C=CCN(CC(=O)N(Cc1ccc(F)cc1)Cc1coc2ccccc2c1=O)C(=O)c1cc(Cl)cc(Cl)c1.